The van der Waals surface area contributed by atoms with Gasteiger partial charge in [-0.1, -0.05) is 49.0 Å². The Bertz CT molecular complexity index is 1230. The monoisotopic (exact) mass is 375 g/mol. The zero-order valence-electron chi connectivity index (χ0n) is 14.8. The van der Waals surface area contributed by atoms with Crippen LogP contribution in [0.1, 0.15) is 24.5 Å². The summed E-state index contributed by atoms with van der Waals surface area (Å²) in [6.07, 6.45) is 0.832. The Kier molecular flexibility index (Phi) is 4.65. The van der Waals surface area contributed by atoms with Gasteiger partial charge in [0.15, 0.2) is 5.16 Å². The quantitative estimate of drug-likeness (QED) is 0.498. The molecule has 0 unspecified atom stereocenters. The summed E-state index contributed by atoms with van der Waals surface area (Å²) in [5.74, 6) is 1.16. The highest BCUT2D eigenvalue weighted by atomic mass is 32.2. The number of fused-ring (bicyclic) bond motifs is 3. The van der Waals surface area contributed by atoms with Crippen LogP contribution >= 0.6 is 11.8 Å². The van der Waals surface area contributed by atoms with Crippen molar-refractivity contribution in [2.75, 3.05) is 0 Å². The first-order valence-corrected chi connectivity index (χ1v) is 9.70. The van der Waals surface area contributed by atoms with Gasteiger partial charge in [0.25, 0.3) is 5.56 Å². The molecule has 0 spiro atoms. The molecule has 0 amide bonds. The lowest BCUT2D eigenvalue weighted by molar-refractivity contribution is 0.662. The van der Waals surface area contributed by atoms with Crippen LogP contribution in [0.4, 0.5) is 0 Å². The van der Waals surface area contributed by atoms with Crippen LogP contribution in [0.3, 0.4) is 0 Å². The van der Waals surface area contributed by atoms with E-state index in [9.17, 15) is 10.1 Å². The summed E-state index contributed by atoms with van der Waals surface area (Å²) < 4.78 is 3.62. The van der Waals surface area contributed by atoms with Gasteiger partial charge in [0, 0.05) is 12.3 Å². The highest BCUT2D eigenvalue weighted by Gasteiger charge is 2.16. The lowest BCUT2D eigenvalue weighted by atomic mass is 10.1. The van der Waals surface area contributed by atoms with Gasteiger partial charge in [-0.15, -0.1) is 10.2 Å². The second-order valence-electron chi connectivity index (χ2n) is 6.15. The first kappa shape index (κ1) is 17.3. The van der Waals surface area contributed by atoms with Gasteiger partial charge in [-0.3, -0.25) is 13.8 Å². The minimum absolute atomic E-state index is 0.0428. The van der Waals surface area contributed by atoms with Crippen LogP contribution in [0.2, 0.25) is 0 Å². The number of thioether (sulfide) groups is 1. The molecule has 0 aliphatic rings. The van der Waals surface area contributed by atoms with Crippen LogP contribution in [0.25, 0.3) is 16.7 Å². The molecular formula is C20H17N5OS. The second kappa shape index (κ2) is 7.25. The van der Waals surface area contributed by atoms with Gasteiger partial charge < -0.3 is 0 Å². The fourth-order valence-electron chi connectivity index (χ4n) is 3.15. The summed E-state index contributed by atoms with van der Waals surface area (Å²) in [6, 6.07) is 17.3. The standard InChI is InChI=1S/C20H17N5OS/c1-2-11-24-18(26)16-9-5-6-10-17(16)25-19(24)22-23-20(25)27-13-15-8-4-3-7-14(15)12-21/h3-10H,2,11,13H2,1H3. The van der Waals surface area contributed by atoms with Crippen LogP contribution in [0.15, 0.2) is 58.5 Å². The Morgan fingerprint density at radius 1 is 1.11 bits per heavy atom. The van der Waals surface area contributed by atoms with E-state index in [2.05, 4.69) is 16.3 Å². The molecule has 0 atom stereocenters. The molecule has 0 saturated heterocycles. The number of para-hydroxylation sites is 1. The molecule has 0 radical (unpaired) electrons. The molecule has 134 valence electrons. The smallest absolute Gasteiger partial charge is 0.262 e. The van der Waals surface area contributed by atoms with E-state index in [1.165, 1.54) is 11.8 Å². The van der Waals surface area contributed by atoms with E-state index in [0.717, 1.165) is 17.5 Å². The largest absolute Gasteiger partial charge is 0.276 e. The van der Waals surface area contributed by atoms with Crippen LogP contribution < -0.4 is 5.56 Å². The first-order valence-electron chi connectivity index (χ1n) is 8.72. The fourth-order valence-corrected chi connectivity index (χ4v) is 4.09. The zero-order valence-corrected chi connectivity index (χ0v) is 15.6. The number of rotatable bonds is 5. The molecule has 0 aliphatic heterocycles. The number of aromatic nitrogens is 4. The van der Waals surface area contributed by atoms with Crippen molar-refractivity contribution in [3.8, 4) is 6.07 Å². The molecule has 4 rings (SSSR count). The number of aryl methyl sites for hydroxylation is 1. The van der Waals surface area contributed by atoms with Gasteiger partial charge in [0.05, 0.1) is 22.5 Å². The molecule has 2 aromatic heterocycles. The minimum Gasteiger partial charge on any atom is -0.276 e. The van der Waals surface area contributed by atoms with Crippen LogP contribution in [-0.4, -0.2) is 19.2 Å². The van der Waals surface area contributed by atoms with E-state index in [-0.39, 0.29) is 5.56 Å². The Morgan fingerprint density at radius 2 is 1.89 bits per heavy atom. The Hall–Kier alpha value is -3.11. The maximum absolute atomic E-state index is 12.8. The Balaban J connectivity index is 1.85. The maximum atomic E-state index is 12.8. The van der Waals surface area contributed by atoms with E-state index < -0.39 is 0 Å². The average Bonchev–Trinajstić information content (AvgIpc) is 3.13. The number of nitriles is 1. The third-order valence-corrected chi connectivity index (χ3v) is 5.40. The molecule has 0 bridgehead atoms. The molecule has 7 heteroatoms. The van der Waals surface area contributed by atoms with Gasteiger partial charge in [-0.05, 0) is 30.2 Å². The molecule has 0 aliphatic carbocycles. The normalized spacial score (nSPS) is 11.1. The van der Waals surface area contributed by atoms with Crippen molar-refractivity contribution in [1.29, 1.82) is 5.26 Å². The molecule has 0 fully saturated rings. The number of nitrogens with zero attached hydrogens (tertiary/aromatic N) is 5. The summed E-state index contributed by atoms with van der Waals surface area (Å²) in [5, 5.41) is 19.3. The number of hydrogen-bond acceptors (Lipinski definition) is 5. The van der Waals surface area contributed by atoms with Crippen molar-refractivity contribution in [2.45, 2.75) is 30.8 Å². The number of benzene rings is 2. The molecule has 6 nitrogen and oxygen atoms in total. The van der Waals surface area contributed by atoms with E-state index >= 15 is 0 Å². The second-order valence-corrected chi connectivity index (χ2v) is 7.09. The predicted octanol–water partition coefficient (Wildman–Crippen LogP) is 3.62. The van der Waals surface area contributed by atoms with Gasteiger partial charge in [0.1, 0.15) is 0 Å². The van der Waals surface area contributed by atoms with E-state index in [1.807, 2.05) is 59.9 Å². The molecule has 2 aromatic carbocycles. The highest BCUT2D eigenvalue weighted by Crippen LogP contribution is 2.25. The zero-order chi connectivity index (χ0) is 18.8. The number of hydrogen-bond donors (Lipinski definition) is 0. The van der Waals surface area contributed by atoms with E-state index in [4.69, 9.17) is 0 Å². The van der Waals surface area contributed by atoms with Gasteiger partial charge >= 0.3 is 0 Å². The summed E-state index contributed by atoms with van der Waals surface area (Å²) >= 11 is 1.51. The molecule has 4 aromatic rings. The minimum atomic E-state index is -0.0428. The molecule has 0 N–H and O–H groups in total. The van der Waals surface area contributed by atoms with Crippen molar-refractivity contribution < 1.29 is 0 Å². The Morgan fingerprint density at radius 3 is 2.70 bits per heavy atom. The lowest BCUT2D eigenvalue weighted by Crippen LogP contribution is -2.23. The molecule has 27 heavy (non-hydrogen) atoms. The van der Waals surface area contributed by atoms with Gasteiger partial charge in [-0.2, -0.15) is 5.26 Å². The van der Waals surface area contributed by atoms with Crippen molar-refractivity contribution >= 4 is 28.4 Å². The molecular weight excluding hydrogens is 358 g/mol. The van der Waals surface area contributed by atoms with Crippen molar-refractivity contribution in [1.82, 2.24) is 19.2 Å². The SMILES string of the molecule is CCCn1c(=O)c2ccccc2n2c(SCc3ccccc3C#N)nnc12. The topological polar surface area (TPSA) is 76.0 Å². The van der Waals surface area contributed by atoms with E-state index in [1.54, 1.807) is 4.57 Å². The van der Waals surface area contributed by atoms with Crippen LogP contribution in [0, 0.1) is 11.3 Å². The summed E-state index contributed by atoms with van der Waals surface area (Å²) in [7, 11) is 0. The lowest BCUT2D eigenvalue weighted by Gasteiger charge is -2.10. The average molecular weight is 375 g/mol. The first-order chi connectivity index (χ1) is 13.2. The fraction of sp³-hybridized carbons (Fsp3) is 0.200. The maximum Gasteiger partial charge on any atom is 0.262 e. The molecule has 0 saturated carbocycles. The van der Waals surface area contributed by atoms with Crippen LogP contribution in [-0.2, 0) is 12.3 Å². The summed E-state index contributed by atoms with van der Waals surface area (Å²) in [5.41, 5.74) is 2.36. The third-order valence-electron chi connectivity index (χ3n) is 4.42. The third kappa shape index (κ3) is 2.98. The summed E-state index contributed by atoms with van der Waals surface area (Å²) in [6.45, 7) is 2.62. The summed E-state index contributed by atoms with van der Waals surface area (Å²) in [4.78, 5) is 12.8. The van der Waals surface area contributed by atoms with Crippen LogP contribution in [0.5, 0.6) is 0 Å². The predicted molar refractivity (Wildman–Crippen MR) is 106 cm³/mol. The van der Waals surface area contributed by atoms with Crippen molar-refractivity contribution in [2.24, 2.45) is 0 Å². The highest BCUT2D eigenvalue weighted by molar-refractivity contribution is 7.98. The van der Waals surface area contributed by atoms with Crippen molar-refractivity contribution in [3.63, 3.8) is 0 Å². The van der Waals surface area contributed by atoms with Gasteiger partial charge in [0.2, 0.25) is 5.78 Å². The van der Waals surface area contributed by atoms with Gasteiger partial charge in [-0.25, -0.2) is 0 Å². The Labute approximate surface area is 160 Å². The molecule has 2 heterocycles. The van der Waals surface area contributed by atoms with E-state index in [0.29, 0.717) is 34.2 Å². The van der Waals surface area contributed by atoms with Crippen molar-refractivity contribution in [3.05, 3.63) is 70.0 Å².